The van der Waals surface area contributed by atoms with Gasteiger partial charge in [0, 0.05) is 11.4 Å². The summed E-state index contributed by atoms with van der Waals surface area (Å²) >= 11 is 2.75. The lowest BCUT2D eigenvalue weighted by molar-refractivity contribution is -0.192. The van der Waals surface area contributed by atoms with E-state index in [1.54, 1.807) is 0 Å². The second-order valence-electron chi connectivity index (χ2n) is 6.12. The molecular weight excluding hydrogens is 425 g/mol. The molecule has 1 amide bonds. The predicted octanol–water partition coefficient (Wildman–Crippen LogP) is 1.07. The summed E-state index contributed by atoms with van der Waals surface area (Å²) < 4.78 is 32.5. The number of β-lactam (4-membered cyclic amide) rings is 1. The molecule has 2 saturated heterocycles. The molecule has 1 aromatic rings. The number of carboxylic acids is 2. The van der Waals surface area contributed by atoms with Gasteiger partial charge >= 0.3 is 18.1 Å². The lowest BCUT2D eigenvalue weighted by atomic mass is 9.82. The molecule has 9 nitrogen and oxygen atoms in total. The first-order chi connectivity index (χ1) is 13.0. The Morgan fingerprint density at radius 1 is 1.32 bits per heavy atom. The molecule has 0 spiro atoms. The van der Waals surface area contributed by atoms with Crippen LogP contribution in [0.1, 0.15) is 11.4 Å². The van der Waals surface area contributed by atoms with Gasteiger partial charge in [0.2, 0.25) is 5.91 Å². The number of thioether (sulfide) groups is 1. The summed E-state index contributed by atoms with van der Waals surface area (Å²) in [6, 6.07) is -0.191. The van der Waals surface area contributed by atoms with Crippen LogP contribution in [-0.2, 0) is 14.4 Å². The summed E-state index contributed by atoms with van der Waals surface area (Å²) in [5, 5.41) is 28.6. The van der Waals surface area contributed by atoms with Crippen LogP contribution in [0.2, 0.25) is 0 Å². The molecule has 3 aliphatic rings. The smallest absolute Gasteiger partial charge is 0.477 e. The number of nitrogens with one attached hydrogen (secondary N) is 1. The molecule has 14 heteroatoms. The second kappa shape index (κ2) is 7.33. The van der Waals surface area contributed by atoms with Crippen molar-refractivity contribution >= 4 is 40.9 Å². The number of amides is 1. The van der Waals surface area contributed by atoms with Crippen LogP contribution in [0.15, 0.2) is 14.9 Å². The van der Waals surface area contributed by atoms with E-state index in [2.05, 4.69) is 15.5 Å². The van der Waals surface area contributed by atoms with Crippen LogP contribution in [0.4, 0.5) is 13.2 Å². The third kappa shape index (κ3) is 3.71. The van der Waals surface area contributed by atoms with Gasteiger partial charge in [-0.3, -0.25) is 9.69 Å². The third-order valence-corrected chi connectivity index (χ3v) is 6.34. The number of hydrogen-bond donors (Lipinski definition) is 3. The number of aryl methyl sites for hydroxylation is 1. The Hall–Kier alpha value is -2.19. The molecule has 0 unspecified atom stereocenters. The summed E-state index contributed by atoms with van der Waals surface area (Å²) in [5.41, 5.74) is 0.124. The van der Waals surface area contributed by atoms with Gasteiger partial charge in [0.15, 0.2) is 4.34 Å². The summed E-state index contributed by atoms with van der Waals surface area (Å²) in [4.78, 5) is 34.8. The van der Waals surface area contributed by atoms with Crippen molar-refractivity contribution in [2.24, 2.45) is 5.92 Å². The van der Waals surface area contributed by atoms with E-state index in [0.717, 1.165) is 15.9 Å². The molecule has 0 saturated carbocycles. The standard InChI is InChI=1S/C12H12N4O3S2.C2HF3O2/c1-4-14-15-12(20-4)21-6-2-5-3-13-7-8(5)16(10(7)17)9(6)11(18)19;3-2(4,5)1(6)7/h5,7-8,13H,2-3H2,1H3,(H,18,19);(H,6,7)/t5-,7+,8-;/m1./s1. The van der Waals surface area contributed by atoms with Crippen LogP contribution in [0.3, 0.4) is 0 Å². The Bertz CT molecular complexity index is 871. The maximum Gasteiger partial charge on any atom is 0.490 e. The van der Waals surface area contributed by atoms with Gasteiger partial charge in [0.25, 0.3) is 0 Å². The lowest BCUT2D eigenvalue weighted by Crippen LogP contribution is -2.68. The zero-order chi connectivity index (χ0) is 20.8. The van der Waals surface area contributed by atoms with Crippen molar-refractivity contribution in [2.75, 3.05) is 6.54 Å². The number of nitrogens with zero attached hydrogens (tertiary/aromatic N) is 3. The van der Waals surface area contributed by atoms with E-state index in [-0.39, 0.29) is 29.6 Å². The normalized spacial score (nSPS) is 25.6. The molecule has 4 heterocycles. The van der Waals surface area contributed by atoms with Gasteiger partial charge in [-0.1, -0.05) is 23.1 Å². The highest BCUT2D eigenvalue weighted by Gasteiger charge is 2.59. The highest BCUT2D eigenvalue weighted by atomic mass is 32.2. The number of allylic oxidation sites excluding steroid dienone is 1. The lowest BCUT2D eigenvalue weighted by Gasteiger charge is -2.48. The first-order valence-corrected chi connectivity index (χ1v) is 9.45. The zero-order valence-corrected chi connectivity index (χ0v) is 15.7. The van der Waals surface area contributed by atoms with Gasteiger partial charge in [0.05, 0.1) is 6.04 Å². The Kier molecular flexibility index (Phi) is 5.38. The first kappa shape index (κ1) is 20.5. The van der Waals surface area contributed by atoms with Gasteiger partial charge in [0.1, 0.15) is 16.7 Å². The van der Waals surface area contributed by atoms with Crippen LogP contribution < -0.4 is 5.32 Å². The monoisotopic (exact) mass is 438 g/mol. The van der Waals surface area contributed by atoms with E-state index < -0.39 is 18.1 Å². The maximum absolute atomic E-state index is 12.1. The fourth-order valence-electron chi connectivity index (χ4n) is 3.26. The van der Waals surface area contributed by atoms with Crippen LogP contribution >= 0.6 is 23.1 Å². The van der Waals surface area contributed by atoms with Crippen molar-refractivity contribution in [1.82, 2.24) is 20.4 Å². The van der Waals surface area contributed by atoms with Gasteiger partial charge < -0.3 is 15.5 Å². The molecule has 3 aliphatic heterocycles. The number of alkyl halides is 3. The third-order valence-electron chi connectivity index (χ3n) is 4.34. The molecule has 2 fully saturated rings. The van der Waals surface area contributed by atoms with E-state index in [9.17, 15) is 27.9 Å². The predicted molar refractivity (Wildman–Crippen MR) is 89.4 cm³/mol. The van der Waals surface area contributed by atoms with E-state index in [1.165, 1.54) is 28.0 Å². The van der Waals surface area contributed by atoms with Gasteiger partial charge in [-0.05, 0) is 19.3 Å². The number of aliphatic carboxylic acids is 2. The Morgan fingerprint density at radius 3 is 2.46 bits per heavy atom. The highest BCUT2D eigenvalue weighted by Crippen LogP contribution is 2.47. The van der Waals surface area contributed by atoms with Crippen LogP contribution in [-0.4, -0.2) is 68.0 Å². The molecule has 3 atom stereocenters. The average Bonchev–Trinajstić information content (AvgIpc) is 3.17. The van der Waals surface area contributed by atoms with Crippen molar-refractivity contribution in [1.29, 1.82) is 0 Å². The minimum absolute atomic E-state index is 0.00380. The molecule has 1 aromatic heterocycles. The number of halogens is 3. The van der Waals surface area contributed by atoms with Gasteiger partial charge in [-0.2, -0.15) is 13.2 Å². The minimum atomic E-state index is -5.08. The largest absolute Gasteiger partial charge is 0.490 e. The second-order valence-corrected chi connectivity index (χ2v) is 8.64. The quantitative estimate of drug-likeness (QED) is 0.593. The molecule has 3 N–H and O–H groups in total. The molecule has 152 valence electrons. The zero-order valence-electron chi connectivity index (χ0n) is 14.1. The van der Waals surface area contributed by atoms with Crippen molar-refractivity contribution in [3.8, 4) is 0 Å². The summed E-state index contributed by atoms with van der Waals surface area (Å²) in [6.07, 6.45) is -4.41. The van der Waals surface area contributed by atoms with E-state index in [0.29, 0.717) is 11.3 Å². The van der Waals surface area contributed by atoms with Crippen molar-refractivity contribution in [3.05, 3.63) is 15.6 Å². The summed E-state index contributed by atoms with van der Waals surface area (Å²) in [5.74, 6) is -3.65. The molecule has 0 aromatic carbocycles. The molecule has 0 bridgehead atoms. The SMILES string of the molecule is Cc1nnc(SC2=C(C(=O)O)N3C(=O)[C@H]4NC[C@@H](C2)[C@H]43)s1.O=C(O)C(F)(F)F. The number of aromatic nitrogens is 2. The molecule has 28 heavy (non-hydrogen) atoms. The van der Waals surface area contributed by atoms with E-state index in [1.807, 2.05) is 6.92 Å². The number of carbonyl (C=O) groups excluding carboxylic acids is 1. The van der Waals surface area contributed by atoms with Gasteiger partial charge in [-0.25, -0.2) is 9.59 Å². The molecular formula is C14H13F3N4O5S2. The highest BCUT2D eigenvalue weighted by molar-refractivity contribution is 8.04. The Balaban J connectivity index is 0.000000279. The summed E-state index contributed by atoms with van der Waals surface area (Å²) in [7, 11) is 0. The Morgan fingerprint density at radius 2 is 1.96 bits per heavy atom. The fourth-order valence-corrected chi connectivity index (χ4v) is 5.38. The number of carbonyl (C=O) groups is 3. The minimum Gasteiger partial charge on any atom is -0.477 e. The van der Waals surface area contributed by atoms with Crippen molar-refractivity contribution in [2.45, 2.75) is 35.9 Å². The van der Waals surface area contributed by atoms with Crippen molar-refractivity contribution in [3.63, 3.8) is 0 Å². The van der Waals surface area contributed by atoms with Crippen molar-refractivity contribution < 1.29 is 37.8 Å². The molecule has 4 rings (SSSR count). The summed E-state index contributed by atoms with van der Waals surface area (Å²) in [6.45, 7) is 2.61. The molecule has 0 aliphatic carbocycles. The Labute approximate surface area is 163 Å². The molecule has 0 radical (unpaired) electrons. The number of carboxylic acid groups (broad SMARTS) is 2. The topological polar surface area (TPSA) is 133 Å². The van der Waals surface area contributed by atoms with Gasteiger partial charge in [-0.15, -0.1) is 10.2 Å². The maximum atomic E-state index is 12.1. The number of hydrogen-bond acceptors (Lipinski definition) is 8. The van der Waals surface area contributed by atoms with Crippen LogP contribution in [0.25, 0.3) is 0 Å². The van der Waals surface area contributed by atoms with E-state index in [4.69, 9.17) is 9.90 Å². The average molecular weight is 438 g/mol. The van der Waals surface area contributed by atoms with E-state index >= 15 is 0 Å². The van der Waals surface area contributed by atoms with Crippen LogP contribution in [0, 0.1) is 12.8 Å². The van der Waals surface area contributed by atoms with Crippen LogP contribution in [0.5, 0.6) is 0 Å². The number of rotatable bonds is 3. The fraction of sp³-hybridized carbons (Fsp3) is 0.500. The first-order valence-electron chi connectivity index (χ1n) is 7.81.